The molecule has 2 N–H and O–H groups in total. The number of alkyl halides is 1. The number of hydrogen-bond acceptors (Lipinski definition) is 6. The zero-order valence-electron chi connectivity index (χ0n) is 18.7. The van der Waals surface area contributed by atoms with Crippen molar-refractivity contribution >= 4 is 33.1 Å². The third kappa shape index (κ3) is 4.71. The van der Waals surface area contributed by atoms with Gasteiger partial charge in [-0.25, -0.2) is 12.8 Å². The van der Waals surface area contributed by atoms with Gasteiger partial charge in [0.1, 0.15) is 16.8 Å². The van der Waals surface area contributed by atoms with Crippen LogP contribution in [-0.2, 0) is 10.0 Å². The van der Waals surface area contributed by atoms with Gasteiger partial charge >= 0.3 is 0 Å². The molecule has 12 heteroatoms. The minimum Gasteiger partial charge on any atom is -0.385 e. The van der Waals surface area contributed by atoms with Crippen molar-refractivity contribution < 1.29 is 26.7 Å². The van der Waals surface area contributed by atoms with Gasteiger partial charge < -0.3 is 10.0 Å². The number of aliphatic hydroxyl groups is 1. The molecule has 0 amide bonds. The Kier molecular flexibility index (Phi) is 6.52. The Hall–Kier alpha value is -2.08. The van der Waals surface area contributed by atoms with Gasteiger partial charge in [0.2, 0.25) is 11.8 Å². The summed E-state index contributed by atoms with van der Waals surface area (Å²) in [6.07, 6.45) is 1.06. The number of halogens is 4. The molecule has 2 aliphatic rings. The highest BCUT2D eigenvalue weighted by atomic mass is 35.5. The Balaban J connectivity index is 1.58. The molecule has 2 saturated heterocycles. The van der Waals surface area contributed by atoms with Crippen LogP contribution in [0.5, 0.6) is 0 Å². The number of nitrogens with one attached hydrogen (secondary N) is 1. The number of anilines is 2. The maximum Gasteiger partial charge on any atom is 0.263 e. The van der Waals surface area contributed by atoms with Gasteiger partial charge in [-0.15, -0.1) is 0 Å². The average molecular weight is 519 g/mol. The predicted octanol–water partition coefficient (Wildman–Crippen LogP) is 3.54. The fourth-order valence-electron chi connectivity index (χ4n) is 4.56. The van der Waals surface area contributed by atoms with E-state index >= 15 is 4.39 Å². The Morgan fingerprint density at radius 1 is 1.15 bits per heavy atom. The van der Waals surface area contributed by atoms with E-state index in [1.165, 1.54) is 24.3 Å². The highest BCUT2D eigenvalue weighted by Crippen LogP contribution is 2.41. The molecule has 3 heterocycles. The second-order valence-electron chi connectivity index (χ2n) is 9.65. The summed E-state index contributed by atoms with van der Waals surface area (Å²) in [7, 11) is -4.32. The minimum atomic E-state index is -4.32. The van der Waals surface area contributed by atoms with E-state index in [9.17, 15) is 22.3 Å². The third-order valence-corrected chi connectivity index (χ3v) is 8.34. The van der Waals surface area contributed by atoms with Gasteiger partial charge in [0.25, 0.3) is 10.0 Å². The van der Waals surface area contributed by atoms with Crippen LogP contribution in [0.15, 0.2) is 35.2 Å². The Morgan fingerprint density at radius 2 is 1.82 bits per heavy atom. The van der Waals surface area contributed by atoms with Gasteiger partial charge in [-0.3, -0.25) is 9.62 Å². The first-order chi connectivity index (χ1) is 15.8. The normalized spacial score (nSPS) is 25.1. The van der Waals surface area contributed by atoms with Crippen LogP contribution in [0.2, 0.25) is 0 Å². The monoisotopic (exact) mass is 518 g/mol. The summed E-state index contributed by atoms with van der Waals surface area (Å²) in [6.45, 7) is 5.90. The first-order valence-corrected chi connectivity index (χ1v) is 12.7. The molecule has 34 heavy (non-hydrogen) atoms. The van der Waals surface area contributed by atoms with Gasteiger partial charge in [0.15, 0.2) is 11.6 Å². The Bertz CT molecular complexity index is 1190. The number of rotatable bonds is 6. The van der Waals surface area contributed by atoms with E-state index in [2.05, 4.69) is 18.8 Å². The molecule has 2 unspecified atom stereocenters. The van der Waals surface area contributed by atoms with Gasteiger partial charge in [0.05, 0.1) is 4.90 Å². The fourth-order valence-corrected chi connectivity index (χ4v) is 5.96. The summed E-state index contributed by atoms with van der Waals surface area (Å²) in [6, 6.07) is 6.95. The molecule has 0 saturated carbocycles. The van der Waals surface area contributed by atoms with Crippen molar-refractivity contribution in [1.82, 2.24) is 9.88 Å². The van der Waals surface area contributed by atoms with E-state index in [4.69, 9.17) is 11.6 Å². The van der Waals surface area contributed by atoms with Gasteiger partial charge in [-0.2, -0.15) is 13.8 Å². The minimum absolute atomic E-state index is 0.0358. The topological polar surface area (TPSA) is 85.8 Å². The van der Waals surface area contributed by atoms with Crippen LogP contribution in [0.25, 0.3) is 0 Å². The van der Waals surface area contributed by atoms with Crippen LogP contribution < -0.4 is 9.62 Å². The first-order valence-electron chi connectivity index (χ1n) is 10.8. The molecule has 0 bridgehead atoms. The molecule has 0 radical (unpaired) electrons. The molecule has 0 aliphatic carbocycles. The van der Waals surface area contributed by atoms with Crippen molar-refractivity contribution in [2.75, 3.05) is 35.8 Å². The molecule has 2 fully saturated rings. The predicted molar refractivity (Wildman–Crippen MR) is 123 cm³/mol. The van der Waals surface area contributed by atoms with E-state index in [1.54, 1.807) is 10.8 Å². The largest absolute Gasteiger partial charge is 0.385 e. The number of pyridine rings is 1. The number of sulfonamides is 1. The lowest BCUT2D eigenvalue weighted by Gasteiger charge is -2.34. The molecule has 1 aromatic carbocycles. The van der Waals surface area contributed by atoms with Crippen LogP contribution >= 0.6 is 11.6 Å². The lowest BCUT2D eigenvalue weighted by molar-refractivity contribution is 0.0177. The number of nitrogens with zero attached hydrogens (tertiary/aromatic N) is 3. The summed E-state index contributed by atoms with van der Waals surface area (Å²) >= 11 is 6.45. The van der Waals surface area contributed by atoms with E-state index in [1.807, 2.05) is 4.90 Å². The molecule has 186 valence electrons. The molecule has 1 aromatic heterocycles. The molecular formula is C22H26ClF3N4O3S. The van der Waals surface area contributed by atoms with Crippen molar-refractivity contribution in [3.8, 4) is 0 Å². The number of hydrogen-bond donors (Lipinski definition) is 2. The molecule has 7 nitrogen and oxygen atoms in total. The zero-order valence-corrected chi connectivity index (χ0v) is 20.3. The molecule has 2 aromatic rings. The fraction of sp³-hybridized carbons (Fsp3) is 0.500. The summed E-state index contributed by atoms with van der Waals surface area (Å²) in [5.41, 5.74) is -3.48. The van der Waals surface area contributed by atoms with Gasteiger partial charge in [-0.05, 0) is 36.9 Å². The van der Waals surface area contributed by atoms with Gasteiger partial charge in [-0.1, -0.05) is 43.6 Å². The maximum absolute atomic E-state index is 15.0. The maximum atomic E-state index is 15.0. The smallest absolute Gasteiger partial charge is 0.263 e. The molecule has 2 atom stereocenters. The number of likely N-dealkylation sites (tertiary alicyclic amines) is 1. The van der Waals surface area contributed by atoms with Crippen LogP contribution in [-0.4, -0.2) is 60.7 Å². The van der Waals surface area contributed by atoms with Crippen LogP contribution in [0.4, 0.5) is 24.7 Å². The molecule has 4 rings (SSSR count). The van der Waals surface area contributed by atoms with Crippen LogP contribution in [0.1, 0.15) is 26.7 Å². The number of benzene rings is 1. The summed E-state index contributed by atoms with van der Waals surface area (Å²) in [5, 5.41) is 11.1. The van der Waals surface area contributed by atoms with E-state index in [-0.39, 0.29) is 29.8 Å². The van der Waals surface area contributed by atoms with Crippen LogP contribution in [0.3, 0.4) is 0 Å². The number of aromatic nitrogens is 1. The third-order valence-electron chi connectivity index (χ3n) is 6.34. The van der Waals surface area contributed by atoms with Gasteiger partial charge in [0, 0.05) is 19.6 Å². The summed E-state index contributed by atoms with van der Waals surface area (Å²) in [4.78, 5) is 6.18. The Labute approximate surface area is 201 Å². The highest BCUT2D eigenvalue weighted by molar-refractivity contribution is 7.92. The lowest BCUT2D eigenvalue weighted by atomic mass is 9.93. The lowest BCUT2D eigenvalue weighted by Crippen LogP contribution is -2.49. The van der Waals surface area contributed by atoms with Crippen molar-refractivity contribution in [1.29, 1.82) is 0 Å². The summed E-state index contributed by atoms with van der Waals surface area (Å²) in [5.74, 6) is -5.86. The zero-order chi connectivity index (χ0) is 24.9. The molecule has 0 spiro atoms. The van der Waals surface area contributed by atoms with Crippen molar-refractivity contribution in [3.05, 3.63) is 47.9 Å². The molecule has 2 aliphatic heterocycles. The SMILES string of the molecule is CC1(C)CCN(CC2(O)CCN(c3c(F)nc(NS(=O)(=O)c4ccccc4)c(F)c3F)C2Cl)C1. The highest BCUT2D eigenvalue weighted by Gasteiger charge is 2.49. The van der Waals surface area contributed by atoms with Crippen molar-refractivity contribution in [2.24, 2.45) is 5.41 Å². The van der Waals surface area contributed by atoms with E-state index in [0.717, 1.165) is 24.4 Å². The second kappa shape index (κ2) is 8.85. The first kappa shape index (κ1) is 25.0. The van der Waals surface area contributed by atoms with Crippen LogP contribution in [0, 0.1) is 23.0 Å². The van der Waals surface area contributed by atoms with E-state index < -0.39 is 50.2 Å². The molecular weight excluding hydrogens is 493 g/mol. The van der Waals surface area contributed by atoms with Crippen molar-refractivity contribution in [3.63, 3.8) is 0 Å². The number of β-amino-alcohol motifs (C(OH)–C–C–N with tert-alkyl or cyclic N) is 1. The average Bonchev–Trinajstić information content (AvgIpc) is 3.25. The standard InChI is InChI=1S/C22H26ClF3N4O3S/c1-21(2)8-10-29(12-21)13-22(31)9-11-30(20(22)23)17-15(24)16(25)19(27-18(17)26)28-34(32,33)14-6-4-3-5-7-14/h3-7,20,31H,8-13H2,1-2H3,(H,27,28). The summed E-state index contributed by atoms with van der Waals surface area (Å²) < 4.78 is 71.4. The van der Waals surface area contributed by atoms with Crippen molar-refractivity contribution in [2.45, 2.75) is 42.7 Å². The quantitative estimate of drug-likeness (QED) is 0.346. The Morgan fingerprint density at radius 3 is 2.44 bits per heavy atom. The second-order valence-corrected chi connectivity index (χ2v) is 11.7. The van der Waals surface area contributed by atoms with E-state index in [0.29, 0.717) is 0 Å².